The summed E-state index contributed by atoms with van der Waals surface area (Å²) < 4.78 is 0.968. The van der Waals surface area contributed by atoms with Gasteiger partial charge in [-0.25, -0.2) is 0 Å². The Morgan fingerprint density at radius 3 is 2.41 bits per heavy atom. The van der Waals surface area contributed by atoms with Crippen LogP contribution in [0, 0.1) is 11.3 Å². The van der Waals surface area contributed by atoms with Gasteiger partial charge in [-0.3, -0.25) is 4.98 Å². The molecule has 0 aliphatic carbocycles. The smallest absolute Gasteiger partial charge is 0.0642 e. The van der Waals surface area contributed by atoms with Gasteiger partial charge in [-0.1, -0.05) is 51.9 Å². The van der Waals surface area contributed by atoms with Gasteiger partial charge in [0.25, 0.3) is 0 Å². The fraction of sp³-hybridized carbons (Fsp3) is 0.667. The van der Waals surface area contributed by atoms with Gasteiger partial charge < -0.3 is 5.32 Å². The molecule has 3 nitrogen and oxygen atoms in total. The first-order valence-electron chi connectivity index (χ1n) is 8.49. The Morgan fingerprint density at radius 1 is 1.14 bits per heavy atom. The fourth-order valence-electron chi connectivity index (χ4n) is 2.50. The minimum Gasteiger partial charge on any atom is -0.308 e. The first-order valence-corrected chi connectivity index (χ1v) is 9.29. The quantitative estimate of drug-likeness (QED) is 0.495. The molecule has 0 bridgehead atoms. The number of halogens is 1. The van der Waals surface area contributed by atoms with Crippen LogP contribution in [0.3, 0.4) is 0 Å². The molecule has 1 atom stereocenters. The molecule has 122 valence electrons. The molecule has 1 aromatic rings. The van der Waals surface area contributed by atoms with Crippen molar-refractivity contribution in [3.8, 4) is 6.07 Å². The second-order valence-electron chi connectivity index (χ2n) is 5.75. The van der Waals surface area contributed by atoms with E-state index in [1.807, 2.05) is 12.1 Å². The molecule has 0 radical (unpaired) electrons. The molecule has 1 rings (SSSR count). The standard InChI is InChI=1S/C18H28BrN3/c1-2-3-4-5-6-7-8-9-14-21-18(12-13-20)17-11-10-16(19)15-22-17/h10-11,15,18,21H,2-9,12,14H2,1H3. The molecule has 1 aromatic heterocycles. The van der Waals surface area contributed by atoms with Crippen LogP contribution in [-0.2, 0) is 0 Å². The van der Waals surface area contributed by atoms with E-state index in [1.54, 1.807) is 6.20 Å². The lowest BCUT2D eigenvalue weighted by molar-refractivity contribution is 0.498. The zero-order valence-corrected chi connectivity index (χ0v) is 15.2. The van der Waals surface area contributed by atoms with Crippen LogP contribution < -0.4 is 5.32 Å². The number of nitrogens with zero attached hydrogens (tertiary/aromatic N) is 2. The monoisotopic (exact) mass is 365 g/mol. The highest BCUT2D eigenvalue weighted by Gasteiger charge is 2.11. The summed E-state index contributed by atoms with van der Waals surface area (Å²) in [4.78, 5) is 4.39. The van der Waals surface area contributed by atoms with E-state index < -0.39 is 0 Å². The van der Waals surface area contributed by atoms with Crippen molar-refractivity contribution in [1.82, 2.24) is 10.3 Å². The van der Waals surface area contributed by atoms with Crippen LogP contribution in [0.15, 0.2) is 22.8 Å². The summed E-state index contributed by atoms with van der Waals surface area (Å²) in [7, 11) is 0. The maximum atomic E-state index is 8.97. The number of hydrogen-bond acceptors (Lipinski definition) is 3. The molecular formula is C18H28BrN3. The van der Waals surface area contributed by atoms with Gasteiger partial charge in [0.05, 0.1) is 24.2 Å². The molecule has 22 heavy (non-hydrogen) atoms. The maximum Gasteiger partial charge on any atom is 0.0642 e. The third-order valence-electron chi connectivity index (χ3n) is 3.82. The first-order chi connectivity index (χ1) is 10.8. The predicted octanol–water partition coefficient (Wildman–Crippen LogP) is 5.53. The van der Waals surface area contributed by atoms with Crippen molar-refractivity contribution in [2.75, 3.05) is 6.54 Å². The van der Waals surface area contributed by atoms with Gasteiger partial charge in [-0.2, -0.15) is 5.26 Å². The Hall–Kier alpha value is -0.920. The molecule has 0 aliphatic rings. The van der Waals surface area contributed by atoms with Gasteiger partial charge in [0.2, 0.25) is 0 Å². The van der Waals surface area contributed by atoms with E-state index in [0.29, 0.717) is 6.42 Å². The van der Waals surface area contributed by atoms with Crippen LogP contribution in [-0.4, -0.2) is 11.5 Å². The molecule has 0 saturated carbocycles. The molecule has 4 heteroatoms. The van der Waals surface area contributed by atoms with E-state index in [0.717, 1.165) is 16.7 Å². The van der Waals surface area contributed by atoms with E-state index in [1.165, 1.54) is 51.4 Å². The topological polar surface area (TPSA) is 48.7 Å². The lowest BCUT2D eigenvalue weighted by atomic mass is 10.1. The number of nitrogens with one attached hydrogen (secondary N) is 1. The van der Waals surface area contributed by atoms with Gasteiger partial charge in [0.15, 0.2) is 0 Å². The second-order valence-corrected chi connectivity index (χ2v) is 6.66. The minimum absolute atomic E-state index is 0.0441. The zero-order valence-electron chi connectivity index (χ0n) is 13.7. The first kappa shape index (κ1) is 19.1. The highest BCUT2D eigenvalue weighted by atomic mass is 79.9. The maximum absolute atomic E-state index is 8.97. The second kappa shape index (κ2) is 12.6. The molecule has 1 N–H and O–H groups in total. The van der Waals surface area contributed by atoms with Crippen LogP contribution in [0.25, 0.3) is 0 Å². The summed E-state index contributed by atoms with van der Waals surface area (Å²) in [5.74, 6) is 0. The summed E-state index contributed by atoms with van der Waals surface area (Å²) in [5, 5.41) is 12.4. The number of unbranched alkanes of at least 4 members (excludes halogenated alkanes) is 7. The fourth-order valence-corrected chi connectivity index (χ4v) is 2.74. The summed E-state index contributed by atoms with van der Waals surface area (Å²) in [6.07, 6.45) is 12.8. The van der Waals surface area contributed by atoms with Crippen LogP contribution in [0.5, 0.6) is 0 Å². The number of aromatic nitrogens is 1. The molecule has 0 aromatic carbocycles. The SMILES string of the molecule is CCCCCCCCCCNC(CC#N)c1ccc(Br)cn1. The van der Waals surface area contributed by atoms with E-state index in [9.17, 15) is 0 Å². The van der Waals surface area contributed by atoms with Crippen LogP contribution in [0.2, 0.25) is 0 Å². The highest BCUT2D eigenvalue weighted by Crippen LogP contribution is 2.17. The number of rotatable bonds is 12. The lowest BCUT2D eigenvalue weighted by Gasteiger charge is -2.15. The van der Waals surface area contributed by atoms with Crippen molar-refractivity contribution in [1.29, 1.82) is 5.26 Å². The number of nitriles is 1. The summed E-state index contributed by atoms with van der Waals surface area (Å²) in [5.41, 5.74) is 0.948. The van der Waals surface area contributed by atoms with E-state index in [4.69, 9.17) is 5.26 Å². The Bertz CT molecular complexity index is 425. The normalized spacial score (nSPS) is 12.0. The van der Waals surface area contributed by atoms with Gasteiger partial charge in [-0.15, -0.1) is 0 Å². The largest absolute Gasteiger partial charge is 0.308 e. The van der Waals surface area contributed by atoms with Gasteiger partial charge in [0, 0.05) is 10.7 Å². The molecule has 0 fully saturated rings. The lowest BCUT2D eigenvalue weighted by Crippen LogP contribution is -2.23. The Labute approximate surface area is 143 Å². The highest BCUT2D eigenvalue weighted by molar-refractivity contribution is 9.10. The summed E-state index contributed by atoms with van der Waals surface area (Å²) >= 11 is 3.39. The molecule has 0 saturated heterocycles. The number of hydrogen-bond donors (Lipinski definition) is 1. The summed E-state index contributed by atoms with van der Waals surface area (Å²) in [6, 6.07) is 6.25. The van der Waals surface area contributed by atoms with E-state index >= 15 is 0 Å². The van der Waals surface area contributed by atoms with Crippen LogP contribution >= 0.6 is 15.9 Å². The van der Waals surface area contributed by atoms with Crippen molar-refractivity contribution >= 4 is 15.9 Å². The third-order valence-corrected chi connectivity index (χ3v) is 4.29. The van der Waals surface area contributed by atoms with Gasteiger partial charge in [-0.05, 0) is 41.0 Å². The van der Waals surface area contributed by atoms with E-state index in [-0.39, 0.29) is 6.04 Å². The Kier molecular flexibility index (Phi) is 11.0. The molecule has 1 unspecified atom stereocenters. The van der Waals surface area contributed by atoms with Crippen molar-refractivity contribution < 1.29 is 0 Å². The average Bonchev–Trinajstić information content (AvgIpc) is 2.53. The van der Waals surface area contributed by atoms with Crippen LogP contribution in [0.1, 0.15) is 76.4 Å². The molecular weight excluding hydrogens is 338 g/mol. The van der Waals surface area contributed by atoms with Gasteiger partial charge >= 0.3 is 0 Å². The average molecular weight is 366 g/mol. The van der Waals surface area contributed by atoms with Crippen LogP contribution in [0.4, 0.5) is 0 Å². The molecule has 1 heterocycles. The molecule has 0 spiro atoms. The third kappa shape index (κ3) is 8.51. The minimum atomic E-state index is 0.0441. The van der Waals surface area contributed by atoms with Crippen molar-refractivity contribution in [2.45, 2.75) is 70.8 Å². The molecule has 0 amide bonds. The van der Waals surface area contributed by atoms with Crippen molar-refractivity contribution in [2.24, 2.45) is 0 Å². The predicted molar refractivity (Wildman–Crippen MR) is 95.5 cm³/mol. The number of pyridine rings is 1. The van der Waals surface area contributed by atoms with Gasteiger partial charge in [0.1, 0.15) is 0 Å². The zero-order chi connectivity index (χ0) is 16.0. The Morgan fingerprint density at radius 2 is 1.82 bits per heavy atom. The van der Waals surface area contributed by atoms with Crippen molar-refractivity contribution in [3.63, 3.8) is 0 Å². The van der Waals surface area contributed by atoms with E-state index in [2.05, 4.69) is 39.2 Å². The summed E-state index contributed by atoms with van der Waals surface area (Å²) in [6.45, 7) is 3.21. The van der Waals surface area contributed by atoms with Crippen molar-refractivity contribution in [3.05, 3.63) is 28.5 Å². The molecule has 0 aliphatic heterocycles. The Balaban J connectivity index is 2.17.